The molecular formula is C24H19BrN4O3. The van der Waals surface area contributed by atoms with Gasteiger partial charge < -0.3 is 10.1 Å². The molecule has 0 heterocycles. The number of carbonyl (C=O) groups is 2. The van der Waals surface area contributed by atoms with E-state index in [2.05, 4.69) is 37.8 Å². The largest absolute Gasteiger partial charge is 0.488 e. The Hall–Kier alpha value is -3.96. The average Bonchev–Trinajstić information content (AvgIpc) is 2.80. The topological polar surface area (TPSA) is 104 Å². The lowest BCUT2D eigenvalue weighted by molar-refractivity contribution is -0.126. The van der Waals surface area contributed by atoms with Crippen molar-refractivity contribution >= 4 is 39.6 Å². The summed E-state index contributed by atoms with van der Waals surface area (Å²) in [7, 11) is 0. The van der Waals surface area contributed by atoms with E-state index in [-0.39, 0.29) is 13.0 Å². The Bertz CT molecular complexity index is 1190. The number of nitrogens with zero attached hydrogens (tertiary/aromatic N) is 2. The minimum Gasteiger partial charge on any atom is -0.488 e. The number of para-hydroxylation sites is 2. The van der Waals surface area contributed by atoms with E-state index in [9.17, 15) is 14.9 Å². The van der Waals surface area contributed by atoms with Crippen LogP contribution in [-0.4, -0.2) is 18.0 Å². The minimum absolute atomic E-state index is 0.218. The van der Waals surface area contributed by atoms with E-state index in [1.807, 2.05) is 30.3 Å². The van der Waals surface area contributed by atoms with Gasteiger partial charge in [0.25, 0.3) is 0 Å². The van der Waals surface area contributed by atoms with Gasteiger partial charge in [-0.2, -0.15) is 10.4 Å². The molecule has 3 aromatic rings. The average molecular weight is 491 g/mol. The summed E-state index contributed by atoms with van der Waals surface area (Å²) in [6.07, 6.45) is 1.07. The van der Waals surface area contributed by atoms with Gasteiger partial charge in [0.2, 0.25) is 11.8 Å². The maximum absolute atomic E-state index is 12.0. The van der Waals surface area contributed by atoms with Gasteiger partial charge in [-0.25, -0.2) is 5.43 Å². The Balaban J connectivity index is 1.55. The molecule has 0 spiro atoms. The second kappa shape index (κ2) is 11.4. The number of ether oxygens (including phenoxy) is 1. The summed E-state index contributed by atoms with van der Waals surface area (Å²) in [6.45, 7) is 0.218. The summed E-state index contributed by atoms with van der Waals surface area (Å²) in [5, 5.41) is 15.8. The molecule has 0 atom stereocenters. The zero-order valence-corrected chi connectivity index (χ0v) is 18.5. The number of nitrogens with one attached hydrogen (secondary N) is 2. The highest BCUT2D eigenvalue weighted by molar-refractivity contribution is 9.10. The first kappa shape index (κ1) is 22.7. The third kappa shape index (κ3) is 6.52. The van der Waals surface area contributed by atoms with Crippen molar-refractivity contribution in [1.29, 1.82) is 5.26 Å². The highest BCUT2D eigenvalue weighted by atomic mass is 79.9. The van der Waals surface area contributed by atoms with Crippen molar-refractivity contribution in [2.24, 2.45) is 5.10 Å². The Morgan fingerprint density at radius 2 is 1.72 bits per heavy atom. The van der Waals surface area contributed by atoms with Crippen molar-refractivity contribution in [2.45, 2.75) is 13.0 Å². The van der Waals surface area contributed by atoms with Crippen molar-refractivity contribution in [3.8, 4) is 11.8 Å². The smallest absolute Gasteiger partial charge is 0.249 e. The zero-order valence-electron chi connectivity index (χ0n) is 16.9. The predicted octanol–water partition coefficient (Wildman–Crippen LogP) is 4.38. The van der Waals surface area contributed by atoms with Crippen LogP contribution in [0.25, 0.3) is 0 Å². The molecule has 0 unspecified atom stereocenters. The fraction of sp³-hybridized carbons (Fsp3) is 0.0833. The van der Waals surface area contributed by atoms with Crippen molar-refractivity contribution in [3.05, 3.63) is 94.0 Å². The summed E-state index contributed by atoms with van der Waals surface area (Å²) >= 11 is 3.33. The fourth-order valence-electron chi connectivity index (χ4n) is 2.75. The van der Waals surface area contributed by atoms with Gasteiger partial charge in [0.05, 0.1) is 23.5 Å². The maximum atomic E-state index is 12.0. The van der Waals surface area contributed by atoms with Crippen LogP contribution in [0.15, 0.2) is 82.4 Å². The Morgan fingerprint density at radius 1 is 1.00 bits per heavy atom. The lowest BCUT2D eigenvalue weighted by Crippen LogP contribution is -2.24. The Labute approximate surface area is 193 Å². The number of hydrogen-bond donors (Lipinski definition) is 2. The van der Waals surface area contributed by atoms with Gasteiger partial charge in [0, 0.05) is 15.6 Å². The van der Waals surface area contributed by atoms with Crippen LogP contribution < -0.4 is 15.5 Å². The number of anilines is 1. The molecule has 2 N–H and O–H groups in total. The van der Waals surface area contributed by atoms with Gasteiger partial charge in [-0.05, 0) is 46.3 Å². The van der Waals surface area contributed by atoms with E-state index in [4.69, 9.17) is 4.74 Å². The first-order chi connectivity index (χ1) is 15.6. The summed E-state index contributed by atoms with van der Waals surface area (Å²) in [5.74, 6) is -0.457. The van der Waals surface area contributed by atoms with E-state index in [0.717, 1.165) is 10.0 Å². The molecule has 0 radical (unpaired) electrons. The van der Waals surface area contributed by atoms with Crippen LogP contribution in [0.1, 0.15) is 23.1 Å². The second-order valence-electron chi connectivity index (χ2n) is 6.59. The number of hydrazone groups is 1. The molecule has 0 saturated heterocycles. The molecular weight excluding hydrogens is 472 g/mol. The number of rotatable bonds is 8. The van der Waals surface area contributed by atoms with Crippen molar-refractivity contribution in [3.63, 3.8) is 0 Å². The number of benzene rings is 3. The van der Waals surface area contributed by atoms with Crippen LogP contribution in [0.5, 0.6) is 5.75 Å². The van der Waals surface area contributed by atoms with Gasteiger partial charge >= 0.3 is 0 Å². The number of halogens is 1. The van der Waals surface area contributed by atoms with E-state index in [1.165, 1.54) is 6.21 Å². The number of nitriles is 1. The molecule has 0 aliphatic carbocycles. The molecule has 0 aliphatic rings. The molecule has 160 valence electrons. The lowest BCUT2D eigenvalue weighted by Gasteiger charge is -2.10. The molecule has 8 heteroatoms. The van der Waals surface area contributed by atoms with Crippen LogP contribution in [-0.2, 0) is 16.2 Å². The highest BCUT2D eigenvalue weighted by Gasteiger charge is 2.10. The molecule has 3 aromatic carbocycles. The monoisotopic (exact) mass is 490 g/mol. The standard InChI is InChI=1S/C24H19BrN4O3/c25-20-10-4-5-11-21(20)28-23(30)13-24(31)29-27-15-18-8-3-6-12-22(18)32-16-19-9-2-1-7-17(19)14-26/h1-12,15H,13,16H2,(H,28,30)(H,29,31). The summed E-state index contributed by atoms with van der Waals surface area (Å²) < 4.78 is 6.56. The maximum Gasteiger partial charge on any atom is 0.249 e. The molecule has 0 fully saturated rings. The summed E-state index contributed by atoms with van der Waals surface area (Å²) in [6, 6.07) is 23.6. The van der Waals surface area contributed by atoms with Gasteiger partial charge in [-0.1, -0.05) is 42.5 Å². The highest BCUT2D eigenvalue weighted by Crippen LogP contribution is 2.21. The van der Waals surface area contributed by atoms with Crippen molar-refractivity contribution in [2.75, 3.05) is 5.32 Å². The van der Waals surface area contributed by atoms with E-state index in [0.29, 0.717) is 22.6 Å². The van der Waals surface area contributed by atoms with Gasteiger partial charge in [-0.3, -0.25) is 9.59 Å². The third-order valence-electron chi connectivity index (χ3n) is 4.30. The lowest BCUT2D eigenvalue weighted by atomic mass is 10.1. The van der Waals surface area contributed by atoms with Gasteiger partial charge in [0.1, 0.15) is 18.8 Å². The number of amides is 2. The first-order valence-electron chi connectivity index (χ1n) is 9.63. The molecule has 7 nitrogen and oxygen atoms in total. The van der Waals surface area contributed by atoms with Gasteiger partial charge in [-0.15, -0.1) is 0 Å². The minimum atomic E-state index is -0.549. The molecule has 0 bridgehead atoms. The molecule has 0 saturated carbocycles. The van der Waals surface area contributed by atoms with Crippen LogP contribution in [0.2, 0.25) is 0 Å². The summed E-state index contributed by atoms with van der Waals surface area (Å²) in [5.41, 5.74) is 4.88. The van der Waals surface area contributed by atoms with Crippen LogP contribution in [0.3, 0.4) is 0 Å². The Kier molecular flexibility index (Phi) is 8.12. The molecule has 2 amide bonds. The van der Waals surface area contributed by atoms with Crippen LogP contribution >= 0.6 is 15.9 Å². The van der Waals surface area contributed by atoms with Gasteiger partial charge in [0.15, 0.2) is 0 Å². The van der Waals surface area contributed by atoms with E-state index >= 15 is 0 Å². The molecule has 0 aliphatic heterocycles. The fourth-order valence-corrected chi connectivity index (χ4v) is 3.13. The van der Waals surface area contributed by atoms with Crippen LogP contribution in [0.4, 0.5) is 5.69 Å². The van der Waals surface area contributed by atoms with E-state index < -0.39 is 11.8 Å². The zero-order chi connectivity index (χ0) is 22.8. The number of carbonyl (C=O) groups excluding carboxylic acids is 2. The first-order valence-corrected chi connectivity index (χ1v) is 10.4. The van der Waals surface area contributed by atoms with E-state index in [1.54, 1.807) is 42.5 Å². The second-order valence-corrected chi connectivity index (χ2v) is 7.45. The quantitative estimate of drug-likeness (QED) is 0.277. The predicted molar refractivity (Wildman–Crippen MR) is 125 cm³/mol. The Morgan fingerprint density at radius 3 is 2.53 bits per heavy atom. The van der Waals surface area contributed by atoms with Crippen molar-refractivity contribution < 1.29 is 14.3 Å². The molecule has 3 rings (SSSR count). The molecule has 32 heavy (non-hydrogen) atoms. The SMILES string of the molecule is N#Cc1ccccc1COc1ccccc1C=NNC(=O)CC(=O)Nc1ccccc1Br. The van der Waals surface area contributed by atoms with Crippen LogP contribution in [0, 0.1) is 11.3 Å². The normalized spacial score (nSPS) is 10.4. The van der Waals surface area contributed by atoms with Crippen molar-refractivity contribution in [1.82, 2.24) is 5.43 Å². The summed E-state index contributed by atoms with van der Waals surface area (Å²) in [4.78, 5) is 24.1. The third-order valence-corrected chi connectivity index (χ3v) is 4.99. The molecule has 0 aromatic heterocycles. The number of hydrogen-bond acceptors (Lipinski definition) is 5.